The molecule has 0 saturated carbocycles. The van der Waals surface area contributed by atoms with Crippen LogP contribution in [0.2, 0.25) is 0 Å². The quantitative estimate of drug-likeness (QED) is 0.617. The Hall–Kier alpha value is -1.14. The second-order valence-corrected chi connectivity index (χ2v) is 5.58. The Morgan fingerprint density at radius 2 is 1.89 bits per heavy atom. The number of ether oxygens (including phenoxy) is 1. The first kappa shape index (κ1) is 14.9. The first-order valence-corrected chi connectivity index (χ1v) is 6.20. The highest BCUT2D eigenvalue weighted by atomic mass is 16.5. The molecule has 1 fully saturated rings. The van der Waals surface area contributed by atoms with Crippen LogP contribution < -0.4 is 16.8 Å². The summed E-state index contributed by atoms with van der Waals surface area (Å²) in [6.45, 7) is 4.93. The highest BCUT2D eigenvalue weighted by Gasteiger charge is 2.40. The van der Waals surface area contributed by atoms with E-state index in [0.29, 0.717) is 26.1 Å². The topological polar surface area (TPSA) is 107 Å². The first-order chi connectivity index (χ1) is 8.31. The predicted molar refractivity (Wildman–Crippen MR) is 67.6 cm³/mol. The first-order valence-electron chi connectivity index (χ1n) is 6.20. The summed E-state index contributed by atoms with van der Waals surface area (Å²) < 4.78 is 5.26. The second kappa shape index (κ2) is 5.67. The van der Waals surface area contributed by atoms with Crippen LogP contribution in [0.3, 0.4) is 0 Å². The van der Waals surface area contributed by atoms with E-state index in [-0.39, 0.29) is 18.9 Å². The normalized spacial score (nSPS) is 19.3. The van der Waals surface area contributed by atoms with Crippen LogP contribution in [-0.4, -0.2) is 37.1 Å². The van der Waals surface area contributed by atoms with Crippen LogP contribution >= 0.6 is 0 Å². The van der Waals surface area contributed by atoms with Crippen molar-refractivity contribution in [1.29, 1.82) is 0 Å². The molecule has 6 nitrogen and oxygen atoms in total. The molecule has 0 aromatic carbocycles. The summed E-state index contributed by atoms with van der Waals surface area (Å²) in [4.78, 5) is 23.3. The molecule has 5 N–H and O–H groups in total. The van der Waals surface area contributed by atoms with E-state index in [9.17, 15) is 9.59 Å². The number of nitrogens with two attached hydrogens (primary N) is 2. The monoisotopic (exact) mass is 257 g/mol. The van der Waals surface area contributed by atoms with Crippen LogP contribution in [0.15, 0.2) is 0 Å². The van der Waals surface area contributed by atoms with E-state index >= 15 is 0 Å². The van der Waals surface area contributed by atoms with E-state index in [1.807, 2.05) is 0 Å². The van der Waals surface area contributed by atoms with Crippen molar-refractivity contribution in [3.05, 3.63) is 0 Å². The molecule has 6 heteroatoms. The van der Waals surface area contributed by atoms with Gasteiger partial charge in [0.15, 0.2) is 0 Å². The molecule has 0 atom stereocenters. The molecule has 1 saturated heterocycles. The van der Waals surface area contributed by atoms with E-state index < -0.39 is 16.9 Å². The minimum atomic E-state index is -0.649. The molecular formula is C12H23N3O3. The summed E-state index contributed by atoms with van der Waals surface area (Å²) in [5, 5.41) is 2.87. The maximum absolute atomic E-state index is 12.3. The molecule has 0 bridgehead atoms. The van der Waals surface area contributed by atoms with Gasteiger partial charge >= 0.3 is 0 Å². The lowest BCUT2D eigenvalue weighted by Gasteiger charge is -2.37. The molecule has 1 aliphatic heterocycles. The standard InChI is InChI=1S/C12H23N3O3/c1-11(2,7-9(14)16)15-10(17)12(8-13)3-5-18-6-4-12/h3-8,13H2,1-2H3,(H2,14,16)(H,15,17). The molecule has 0 radical (unpaired) electrons. The van der Waals surface area contributed by atoms with Gasteiger partial charge in [0.1, 0.15) is 0 Å². The van der Waals surface area contributed by atoms with Gasteiger partial charge in [0.05, 0.1) is 5.41 Å². The highest BCUT2D eigenvalue weighted by molar-refractivity contribution is 5.84. The van der Waals surface area contributed by atoms with Crippen molar-refractivity contribution in [2.75, 3.05) is 19.8 Å². The molecule has 1 aliphatic rings. The van der Waals surface area contributed by atoms with Gasteiger partial charge in [-0.05, 0) is 26.7 Å². The Labute approximate surface area is 107 Å². The maximum Gasteiger partial charge on any atom is 0.228 e. The van der Waals surface area contributed by atoms with Gasteiger partial charge in [0, 0.05) is 31.7 Å². The molecule has 18 heavy (non-hydrogen) atoms. The zero-order chi connectivity index (χ0) is 13.8. The van der Waals surface area contributed by atoms with Crippen molar-refractivity contribution in [2.24, 2.45) is 16.9 Å². The van der Waals surface area contributed by atoms with Crippen LogP contribution in [0.25, 0.3) is 0 Å². The number of carbonyl (C=O) groups is 2. The van der Waals surface area contributed by atoms with E-state index in [1.54, 1.807) is 13.8 Å². The Bertz CT molecular complexity index is 323. The maximum atomic E-state index is 12.3. The number of hydrogen-bond donors (Lipinski definition) is 3. The van der Waals surface area contributed by atoms with Crippen LogP contribution in [0, 0.1) is 5.41 Å². The Balaban J connectivity index is 2.70. The van der Waals surface area contributed by atoms with Crippen molar-refractivity contribution in [1.82, 2.24) is 5.32 Å². The van der Waals surface area contributed by atoms with Gasteiger partial charge in [-0.25, -0.2) is 0 Å². The summed E-state index contributed by atoms with van der Waals surface area (Å²) in [6, 6.07) is 0. The molecule has 0 aromatic heterocycles. The second-order valence-electron chi connectivity index (χ2n) is 5.58. The van der Waals surface area contributed by atoms with Crippen LogP contribution in [0.5, 0.6) is 0 Å². The van der Waals surface area contributed by atoms with E-state index in [2.05, 4.69) is 5.32 Å². The SMILES string of the molecule is CC(C)(CC(N)=O)NC(=O)C1(CN)CCOCC1. The largest absolute Gasteiger partial charge is 0.381 e. The number of amides is 2. The van der Waals surface area contributed by atoms with Gasteiger partial charge in [-0.15, -0.1) is 0 Å². The lowest BCUT2D eigenvalue weighted by molar-refractivity contribution is -0.138. The van der Waals surface area contributed by atoms with Crippen molar-refractivity contribution >= 4 is 11.8 Å². The lowest BCUT2D eigenvalue weighted by atomic mass is 9.78. The van der Waals surface area contributed by atoms with Crippen molar-refractivity contribution in [2.45, 2.75) is 38.6 Å². The third kappa shape index (κ3) is 3.68. The average molecular weight is 257 g/mol. The molecule has 104 valence electrons. The van der Waals surface area contributed by atoms with Gasteiger partial charge in [-0.3, -0.25) is 9.59 Å². The minimum Gasteiger partial charge on any atom is -0.381 e. The number of hydrogen-bond acceptors (Lipinski definition) is 4. The van der Waals surface area contributed by atoms with Gasteiger partial charge < -0.3 is 21.5 Å². The van der Waals surface area contributed by atoms with Crippen LogP contribution in [-0.2, 0) is 14.3 Å². The van der Waals surface area contributed by atoms with Crippen molar-refractivity contribution < 1.29 is 14.3 Å². The molecule has 2 amide bonds. The summed E-state index contributed by atoms with van der Waals surface area (Å²) in [5.74, 6) is -0.548. The number of rotatable bonds is 5. The Morgan fingerprint density at radius 1 is 1.33 bits per heavy atom. The molecule has 1 heterocycles. The van der Waals surface area contributed by atoms with Gasteiger partial charge in [0.2, 0.25) is 11.8 Å². The van der Waals surface area contributed by atoms with Crippen molar-refractivity contribution in [3.8, 4) is 0 Å². The molecule has 0 aromatic rings. The zero-order valence-corrected chi connectivity index (χ0v) is 11.1. The molecule has 0 unspecified atom stereocenters. The summed E-state index contributed by atoms with van der Waals surface area (Å²) in [7, 11) is 0. The molecule has 0 aliphatic carbocycles. The third-order valence-corrected chi connectivity index (χ3v) is 3.39. The third-order valence-electron chi connectivity index (χ3n) is 3.39. The predicted octanol–water partition coefficient (Wildman–Crippen LogP) is -0.488. The Morgan fingerprint density at radius 3 is 2.33 bits per heavy atom. The van der Waals surface area contributed by atoms with Crippen molar-refractivity contribution in [3.63, 3.8) is 0 Å². The van der Waals surface area contributed by atoms with Gasteiger partial charge in [0.25, 0.3) is 0 Å². The van der Waals surface area contributed by atoms with E-state index in [1.165, 1.54) is 0 Å². The lowest BCUT2D eigenvalue weighted by Crippen LogP contribution is -2.55. The van der Waals surface area contributed by atoms with Gasteiger partial charge in [-0.1, -0.05) is 0 Å². The Kier molecular flexibility index (Phi) is 4.70. The fourth-order valence-electron chi connectivity index (χ4n) is 2.21. The number of carbonyl (C=O) groups excluding carboxylic acids is 2. The number of nitrogens with one attached hydrogen (secondary N) is 1. The van der Waals surface area contributed by atoms with Crippen LogP contribution in [0.4, 0.5) is 0 Å². The fourth-order valence-corrected chi connectivity index (χ4v) is 2.21. The minimum absolute atomic E-state index is 0.107. The fraction of sp³-hybridized carbons (Fsp3) is 0.833. The molecule has 0 spiro atoms. The number of primary amides is 1. The average Bonchev–Trinajstić information content (AvgIpc) is 2.27. The smallest absolute Gasteiger partial charge is 0.228 e. The van der Waals surface area contributed by atoms with Gasteiger partial charge in [-0.2, -0.15) is 0 Å². The summed E-state index contributed by atoms with van der Waals surface area (Å²) >= 11 is 0. The van der Waals surface area contributed by atoms with Crippen LogP contribution in [0.1, 0.15) is 33.1 Å². The summed E-state index contributed by atoms with van der Waals surface area (Å²) in [5.41, 5.74) is 9.69. The highest BCUT2D eigenvalue weighted by Crippen LogP contribution is 2.30. The molecular weight excluding hydrogens is 234 g/mol. The molecule has 1 rings (SSSR count). The summed E-state index contributed by atoms with van der Waals surface area (Å²) in [6.07, 6.45) is 1.33. The zero-order valence-electron chi connectivity index (χ0n) is 11.1. The van der Waals surface area contributed by atoms with E-state index in [4.69, 9.17) is 16.2 Å². The van der Waals surface area contributed by atoms with E-state index in [0.717, 1.165) is 0 Å².